The number of rotatable bonds is 2. The van der Waals surface area contributed by atoms with E-state index in [0.717, 1.165) is 78.2 Å². The van der Waals surface area contributed by atoms with Gasteiger partial charge in [0.05, 0.1) is 34.2 Å². The van der Waals surface area contributed by atoms with Crippen LogP contribution in [0.3, 0.4) is 0 Å². The fraction of sp³-hybridized carbons (Fsp3) is 0. The first-order valence-corrected chi connectivity index (χ1v) is 16.3. The van der Waals surface area contributed by atoms with Gasteiger partial charge >= 0.3 is 0 Å². The summed E-state index contributed by atoms with van der Waals surface area (Å²) < 4.78 is 0. The standard InChI is InChI=1S/C44H28N4/c1-3-15-31-25-39-35(23-29(31)13-1)41(45-37-21-9-17-27-11-5-7-19-33(27)37)43(47-39)44-42(46-38-22-10-18-28-12-6-8-20-34(28)38)36-24-30-14-2-4-16-32(30)26-40(36)48-44/h1-26,47-48H/b44-43+,45-41?,46-42?. The maximum atomic E-state index is 5.47. The summed E-state index contributed by atoms with van der Waals surface area (Å²) in [6.45, 7) is 0. The van der Waals surface area contributed by atoms with Crippen molar-refractivity contribution in [1.82, 2.24) is 0 Å². The van der Waals surface area contributed by atoms with Crippen LogP contribution < -0.4 is 10.6 Å². The Bertz CT molecular complexity index is 2530. The van der Waals surface area contributed by atoms with Gasteiger partial charge in [-0.3, -0.25) is 0 Å². The predicted octanol–water partition coefficient (Wildman–Crippen LogP) is 11.3. The smallest absolute Gasteiger partial charge is 0.0987 e. The lowest BCUT2D eigenvalue weighted by Gasteiger charge is -2.11. The van der Waals surface area contributed by atoms with Gasteiger partial charge in [-0.2, -0.15) is 0 Å². The molecular weight excluding hydrogens is 585 g/mol. The van der Waals surface area contributed by atoms with Crippen molar-refractivity contribution in [2.24, 2.45) is 9.98 Å². The molecule has 0 spiro atoms. The molecule has 0 bridgehead atoms. The highest BCUT2D eigenvalue weighted by Crippen LogP contribution is 2.42. The SMILES string of the molecule is c1ccc2cc3c(cc2c1)N/C(=C1/Nc2cc4ccccc4cc2C1=Nc1cccc2ccccc12)C3=Nc1cccc2ccccc12. The Hall–Kier alpha value is -6.52. The lowest BCUT2D eigenvalue weighted by molar-refractivity contribution is 1.46. The van der Waals surface area contributed by atoms with Crippen molar-refractivity contribution < 1.29 is 0 Å². The van der Waals surface area contributed by atoms with Gasteiger partial charge in [-0.15, -0.1) is 0 Å². The van der Waals surface area contributed by atoms with Crippen LogP contribution in [0.15, 0.2) is 179 Å². The second kappa shape index (κ2) is 10.5. The van der Waals surface area contributed by atoms with Gasteiger partial charge in [-0.05, 0) is 68.7 Å². The van der Waals surface area contributed by atoms with Crippen LogP contribution in [-0.2, 0) is 0 Å². The molecule has 0 saturated carbocycles. The van der Waals surface area contributed by atoms with Crippen LogP contribution in [-0.4, -0.2) is 11.4 Å². The zero-order valence-electron chi connectivity index (χ0n) is 25.9. The average molecular weight is 613 g/mol. The Balaban J connectivity index is 1.27. The van der Waals surface area contributed by atoms with Crippen molar-refractivity contribution in [3.63, 3.8) is 0 Å². The van der Waals surface area contributed by atoms with Gasteiger partial charge in [0.2, 0.25) is 0 Å². The van der Waals surface area contributed by atoms with E-state index in [1.165, 1.54) is 21.5 Å². The monoisotopic (exact) mass is 612 g/mol. The highest BCUT2D eigenvalue weighted by molar-refractivity contribution is 6.32. The minimum atomic E-state index is 0.887. The Morgan fingerprint density at radius 1 is 0.333 bits per heavy atom. The van der Waals surface area contributed by atoms with E-state index in [1.54, 1.807) is 0 Å². The Morgan fingerprint density at radius 2 is 0.688 bits per heavy atom. The van der Waals surface area contributed by atoms with E-state index < -0.39 is 0 Å². The molecule has 0 fully saturated rings. The van der Waals surface area contributed by atoms with Gasteiger partial charge in [0, 0.05) is 33.3 Å². The van der Waals surface area contributed by atoms with Gasteiger partial charge in [0.15, 0.2) is 0 Å². The average Bonchev–Trinajstić information content (AvgIpc) is 3.66. The molecule has 0 amide bonds. The van der Waals surface area contributed by atoms with E-state index in [0.29, 0.717) is 0 Å². The number of benzene rings is 8. The van der Waals surface area contributed by atoms with Crippen LogP contribution in [0.2, 0.25) is 0 Å². The Kier molecular flexibility index (Phi) is 5.84. The molecule has 2 aliphatic rings. The number of nitrogens with zero attached hydrogens (tertiary/aromatic N) is 2. The van der Waals surface area contributed by atoms with E-state index in [4.69, 9.17) is 9.98 Å². The molecule has 4 nitrogen and oxygen atoms in total. The molecule has 0 aliphatic carbocycles. The first-order valence-electron chi connectivity index (χ1n) is 16.3. The minimum absolute atomic E-state index is 0.887. The molecule has 0 saturated heterocycles. The van der Waals surface area contributed by atoms with Crippen LogP contribution in [0.25, 0.3) is 43.1 Å². The fourth-order valence-corrected chi connectivity index (χ4v) is 7.18. The third kappa shape index (κ3) is 4.24. The zero-order valence-corrected chi connectivity index (χ0v) is 25.9. The summed E-state index contributed by atoms with van der Waals surface area (Å²) in [5.41, 5.74) is 9.64. The third-order valence-corrected chi connectivity index (χ3v) is 9.52. The van der Waals surface area contributed by atoms with Crippen LogP contribution in [0.4, 0.5) is 22.7 Å². The molecule has 4 heteroatoms. The zero-order chi connectivity index (χ0) is 31.6. The summed E-state index contributed by atoms with van der Waals surface area (Å²) in [7, 11) is 0. The molecule has 0 aromatic heterocycles. The van der Waals surface area contributed by atoms with Gasteiger partial charge in [0.1, 0.15) is 0 Å². The number of aliphatic imine (C=N–C) groups is 2. The molecule has 2 N–H and O–H groups in total. The molecule has 2 heterocycles. The highest BCUT2D eigenvalue weighted by atomic mass is 15.1. The quantitative estimate of drug-likeness (QED) is 0.204. The number of anilines is 2. The van der Waals surface area contributed by atoms with Crippen molar-refractivity contribution in [2.45, 2.75) is 0 Å². The van der Waals surface area contributed by atoms with Crippen LogP contribution >= 0.6 is 0 Å². The van der Waals surface area contributed by atoms with E-state index >= 15 is 0 Å². The molecule has 0 unspecified atom stereocenters. The van der Waals surface area contributed by atoms with Crippen molar-refractivity contribution in [3.05, 3.63) is 180 Å². The van der Waals surface area contributed by atoms with Gasteiger partial charge < -0.3 is 10.6 Å². The normalized spacial score (nSPS) is 16.9. The fourth-order valence-electron chi connectivity index (χ4n) is 7.18. The number of hydrogen-bond donors (Lipinski definition) is 2. The number of fused-ring (bicyclic) bond motifs is 6. The summed E-state index contributed by atoms with van der Waals surface area (Å²) in [5, 5.41) is 16.9. The van der Waals surface area contributed by atoms with Crippen molar-refractivity contribution >= 4 is 77.3 Å². The number of hydrogen-bond acceptors (Lipinski definition) is 4. The maximum absolute atomic E-state index is 5.47. The maximum Gasteiger partial charge on any atom is 0.0987 e. The topological polar surface area (TPSA) is 48.8 Å². The molecule has 8 aromatic carbocycles. The largest absolute Gasteiger partial charge is 0.351 e. The molecule has 0 atom stereocenters. The molecule has 48 heavy (non-hydrogen) atoms. The second-order valence-corrected chi connectivity index (χ2v) is 12.4. The first kappa shape index (κ1) is 26.7. The van der Waals surface area contributed by atoms with Crippen LogP contribution in [0.1, 0.15) is 11.1 Å². The first-order chi connectivity index (χ1) is 23.8. The summed E-state index contributed by atoms with van der Waals surface area (Å²) in [4.78, 5) is 10.9. The lowest BCUT2D eigenvalue weighted by Crippen LogP contribution is -2.14. The predicted molar refractivity (Wildman–Crippen MR) is 202 cm³/mol. The van der Waals surface area contributed by atoms with E-state index in [2.05, 4.69) is 168 Å². The second-order valence-electron chi connectivity index (χ2n) is 12.4. The molecule has 0 radical (unpaired) electrons. The van der Waals surface area contributed by atoms with E-state index in [1.807, 2.05) is 0 Å². The summed E-state index contributed by atoms with van der Waals surface area (Å²) >= 11 is 0. The summed E-state index contributed by atoms with van der Waals surface area (Å²) in [6.07, 6.45) is 0. The van der Waals surface area contributed by atoms with Crippen molar-refractivity contribution in [1.29, 1.82) is 0 Å². The lowest BCUT2D eigenvalue weighted by atomic mass is 10.0. The Morgan fingerprint density at radius 3 is 1.12 bits per heavy atom. The molecule has 8 aromatic rings. The minimum Gasteiger partial charge on any atom is -0.351 e. The van der Waals surface area contributed by atoms with Gasteiger partial charge in [-0.25, -0.2) is 9.98 Å². The van der Waals surface area contributed by atoms with E-state index in [9.17, 15) is 0 Å². The van der Waals surface area contributed by atoms with Crippen LogP contribution in [0.5, 0.6) is 0 Å². The summed E-state index contributed by atoms with van der Waals surface area (Å²) in [6, 6.07) is 55.5. The number of nitrogens with one attached hydrogen (secondary N) is 2. The summed E-state index contributed by atoms with van der Waals surface area (Å²) in [5.74, 6) is 0. The molecule has 224 valence electrons. The van der Waals surface area contributed by atoms with E-state index in [-0.39, 0.29) is 0 Å². The van der Waals surface area contributed by atoms with Crippen molar-refractivity contribution in [3.8, 4) is 0 Å². The molecular formula is C44H28N4. The highest BCUT2D eigenvalue weighted by Gasteiger charge is 2.33. The molecule has 2 aliphatic heterocycles. The van der Waals surface area contributed by atoms with Crippen molar-refractivity contribution in [2.75, 3.05) is 10.6 Å². The molecule has 10 rings (SSSR count). The Labute approximate surface area is 277 Å². The van der Waals surface area contributed by atoms with Crippen LogP contribution in [0, 0.1) is 0 Å². The number of allylic oxidation sites excluding steroid dienone is 2. The van der Waals surface area contributed by atoms with Gasteiger partial charge in [-0.1, -0.05) is 121 Å². The third-order valence-electron chi connectivity index (χ3n) is 9.52. The van der Waals surface area contributed by atoms with Gasteiger partial charge in [0.25, 0.3) is 0 Å².